The van der Waals surface area contributed by atoms with Crippen LogP contribution in [0.15, 0.2) is 5.10 Å². The summed E-state index contributed by atoms with van der Waals surface area (Å²) in [6.07, 6.45) is 0.389. The Morgan fingerprint density at radius 2 is 1.64 bits per heavy atom. The van der Waals surface area contributed by atoms with Crippen LogP contribution in [0.2, 0.25) is 0 Å². The van der Waals surface area contributed by atoms with E-state index < -0.39 is 0 Å². The van der Waals surface area contributed by atoms with Crippen LogP contribution in [-0.4, -0.2) is 23.9 Å². The normalized spacial score (nSPS) is 18.8. The summed E-state index contributed by atoms with van der Waals surface area (Å²) in [6, 6.07) is 0. The highest BCUT2D eigenvalue weighted by molar-refractivity contribution is 5.80. The van der Waals surface area contributed by atoms with Crippen LogP contribution in [0, 0.1) is 5.92 Å². The topological polar surface area (TPSA) is 27.6 Å². The van der Waals surface area contributed by atoms with Crippen LogP contribution in [0.1, 0.15) is 48.5 Å². The molecule has 0 aromatic carbocycles. The van der Waals surface area contributed by atoms with Crippen molar-refractivity contribution in [2.45, 2.75) is 54.6 Å². The largest absolute Gasteiger partial charge is 0.340 e. The number of amidine groups is 1. The maximum atomic E-state index is 4.11. The van der Waals surface area contributed by atoms with Gasteiger partial charge in [0.25, 0.3) is 0 Å². The van der Waals surface area contributed by atoms with Gasteiger partial charge in [0.1, 0.15) is 12.0 Å². The summed E-state index contributed by atoms with van der Waals surface area (Å²) >= 11 is 0. The number of hydrogen-bond donors (Lipinski definition) is 1. The van der Waals surface area contributed by atoms with Crippen molar-refractivity contribution in [3.05, 3.63) is 0 Å². The average molecular weight is 201 g/mol. The first-order valence-electron chi connectivity index (χ1n) is 5.65. The molecule has 0 amide bonds. The molecule has 3 nitrogen and oxygen atoms in total. The van der Waals surface area contributed by atoms with Crippen LogP contribution in [0.25, 0.3) is 0 Å². The van der Waals surface area contributed by atoms with Gasteiger partial charge in [0.15, 0.2) is 0 Å². The Kier molecular flexibility index (Phi) is 9.94. The Morgan fingerprint density at radius 1 is 1.21 bits per heavy atom. The molecular weight excluding hydrogens is 174 g/mol. The number of rotatable bonds is 1. The zero-order valence-corrected chi connectivity index (χ0v) is 11.0. The van der Waals surface area contributed by atoms with Crippen LogP contribution in [-0.2, 0) is 0 Å². The fourth-order valence-electron chi connectivity index (χ4n) is 1.12. The number of hydrazone groups is 1. The van der Waals surface area contributed by atoms with Gasteiger partial charge in [-0.05, 0) is 12.8 Å². The van der Waals surface area contributed by atoms with Gasteiger partial charge in [-0.3, -0.25) is 5.43 Å². The first-order chi connectivity index (χ1) is 6.63. The smallest absolute Gasteiger partial charge is 0.123 e. The predicted octanol–water partition coefficient (Wildman–Crippen LogP) is 2.89. The molecule has 0 spiro atoms. The minimum absolute atomic E-state index is 0.389. The van der Waals surface area contributed by atoms with E-state index in [1.54, 1.807) is 0 Å². The lowest BCUT2D eigenvalue weighted by molar-refractivity contribution is 0.269. The van der Waals surface area contributed by atoms with Gasteiger partial charge in [-0.15, -0.1) is 0 Å². The molecule has 0 saturated heterocycles. The lowest BCUT2D eigenvalue weighted by Gasteiger charge is -2.24. The van der Waals surface area contributed by atoms with Crippen molar-refractivity contribution in [1.29, 1.82) is 0 Å². The van der Waals surface area contributed by atoms with E-state index in [1.165, 1.54) is 0 Å². The van der Waals surface area contributed by atoms with Crippen LogP contribution in [0.3, 0.4) is 0 Å². The van der Waals surface area contributed by atoms with Crippen LogP contribution >= 0.6 is 0 Å². The molecule has 0 radical (unpaired) electrons. The molecule has 1 N–H and O–H groups in total. The van der Waals surface area contributed by atoms with Crippen molar-refractivity contribution in [2.75, 3.05) is 7.05 Å². The molecule has 1 unspecified atom stereocenters. The van der Waals surface area contributed by atoms with Gasteiger partial charge in [-0.1, -0.05) is 41.5 Å². The molecule has 0 aromatic rings. The van der Waals surface area contributed by atoms with Crippen molar-refractivity contribution in [3.63, 3.8) is 0 Å². The Morgan fingerprint density at radius 3 is 1.79 bits per heavy atom. The molecule has 0 fully saturated rings. The lowest BCUT2D eigenvalue weighted by atomic mass is 10.1. The molecule has 1 aliphatic rings. The van der Waals surface area contributed by atoms with E-state index in [-0.39, 0.29) is 0 Å². The first-order valence-corrected chi connectivity index (χ1v) is 5.65. The zero-order chi connectivity index (χ0) is 11.7. The molecule has 1 heterocycles. The summed E-state index contributed by atoms with van der Waals surface area (Å²) < 4.78 is 0. The van der Waals surface area contributed by atoms with Crippen molar-refractivity contribution >= 4 is 5.84 Å². The van der Waals surface area contributed by atoms with Gasteiger partial charge < -0.3 is 4.90 Å². The molecule has 86 valence electrons. The van der Waals surface area contributed by atoms with Gasteiger partial charge in [-0.2, -0.15) is 5.10 Å². The van der Waals surface area contributed by atoms with E-state index in [9.17, 15) is 0 Å². The molecule has 0 aromatic heterocycles. The van der Waals surface area contributed by atoms with E-state index in [4.69, 9.17) is 0 Å². The van der Waals surface area contributed by atoms with Crippen LogP contribution in [0.4, 0.5) is 0 Å². The fraction of sp³-hybridized carbons (Fsp3) is 0.909. The first kappa shape index (κ1) is 15.7. The minimum atomic E-state index is 0.389. The highest BCUT2D eigenvalue weighted by Gasteiger charge is 2.23. The maximum absolute atomic E-state index is 4.11. The molecule has 1 aliphatic heterocycles. The van der Waals surface area contributed by atoms with Crippen molar-refractivity contribution in [1.82, 2.24) is 10.3 Å². The second-order valence-corrected chi connectivity index (χ2v) is 3.09. The number of nitrogens with zero attached hydrogens (tertiary/aromatic N) is 2. The highest BCUT2D eigenvalue weighted by Crippen LogP contribution is 2.10. The molecule has 3 heteroatoms. The summed E-state index contributed by atoms with van der Waals surface area (Å²) in [5, 5.41) is 4.11. The number of hydrogen-bond acceptors (Lipinski definition) is 3. The number of nitrogens with one attached hydrogen (secondary N) is 1. The zero-order valence-electron chi connectivity index (χ0n) is 11.0. The Balaban J connectivity index is 0. The van der Waals surface area contributed by atoms with Gasteiger partial charge in [-0.25, -0.2) is 0 Å². The molecule has 14 heavy (non-hydrogen) atoms. The van der Waals surface area contributed by atoms with Gasteiger partial charge >= 0.3 is 0 Å². The third-order valence-corrected chi connectivity index (χ3v) is 1.92. The van der Waals surface area contributed by atoms with Gasteiger partial charge in [0.05, 0.1) is 0 Å². The lowest BCUT2D eigenvalue weighted by Crippen LogP contribution is -2.40. The fourth-order valence-corrected chi connectivity index (χ4v) is 1.12. The van der Waals surface area contributed by atoms with E-state index >= 15 is 0 Å². The predicted molar refractivity (Wildman–Crippen MR) is 65.3 cm³/mol. The second-order valence-electron chi connectivity index (χ2n) is 3.09. The van der Waals surface area contributed by atoms with Gasteiger partial charge in [0, 0.05) is 7.05 Å². The SMILES string of the molecule is CC.CC.CC1=NNC(C(C)C)N1C. The monoisotopic (exact) mass is 201 g/mol. The Hall–Kier alpha value is -0.730. The molecule has 0 saturated carbocycles. The summed E-state index contributed by atoms with van der Waals surface area (Å²) in [4.78, 5) is 2.16. The summed E-state index contributed by atoms with van der Waals surface area (Å²) in [5.74, 6) is 1.67. The third-order valence-electron chi connectivity index (χ3n) is 1.92. The Bertz CT molecular complexity index is 153. The van der Waals surface area contributed by atoms with E-state index in [1.807, 2.05) is 34.6 Å². The highest BCUT2D eigenvalue weighted by atomic mass is 15.5. The van der Waals surface area contributed by atoms with Crippen LogP contribution in [0.5, 0.6) is 0 Å². The van der Waals surface area contributed by atoms with Crippen molar-refractivity contribution in [3.8, 4) is 0 Å². The minimum Gasteiger partial charge on any atom is -0.340 e. The van der Waals surface area contributed by atoms with E-state index in [0.717, 1.165) is 5.84 Å². The standard InChI is InChI=1S/C7H15N3.2C2H6/c1-5(2)7-9-8-6(3)10(7)4;2*1-2/h5,7,9H,1-4H3;2*1-2H3. The quantitative estimate of drug-likeness (QED) is 0.706. The Labute approximate surface area is 89.6 Å². The summed E-state index contributed by atoms with van der Waals surface area (Å²) in [6.45, 7) is 14.4. The van der Waals surface area contributed by atoms with Crippen molar-refractivity contribution < 1.29 is 0 Å². The summed E-state index contributed by atoms with van der Waals surface area (Å²) in [5.41, 5.74) is 3.07. The molecule has 1 atom stereocenters. The molecular formula is C11H27N3. The molecule has 0 aliphatic carbocycles. The van der Waals surface area contributed by atoms with Gasteiger partial charge in [0.2, 0.25) is 0 Å². The molecule has 1 rings (SSSR count). The second kappa shape index (κ2) is 8.85. The average Bonchev–Trinajstić information content (AvgIpc) is 2.54. The molecule has 0 bridgehead atoms. The van der Waals surface area contributed by atoms with Crippen LogP contribution < -0.4 is 5.43 Å². The maximum Gasteiger partial charge on any atom is 0.123 e. The van der Waals surface area contributed by atoms with E-state index in [0.29, 0.717) is 12.1 Å². The third kappa shape index (κ3) is 4.49. The van der Waals surface area contributed by atoms with E-state index in [2.05, 4.69) is 36.3 Å². The summed E-state index contributed by atoms with van der Waals surface area (Å²) in [7, 11) is 2.06. The van der Waals surface area contributed by atoms with Crippen molar-refractivity contribution in [2.24, 2.45) is 11.0 Å².